The minimum absolute atomic E-state index is 0.0561. The third-order valence-corrected chi connectivity index (χ3v) is 1.99. The lowest BCUT2D eigenvalue weighted by molar-refractivity contribution is 0.119. The van der Waals surface area contributed by atoms with Crippen LogP contribution in [0.15, 0.2) is 24.3 Å². The fourth-order valence-electron chi connectivity index (χ4n) is 1.02. The first-order chi connectivity index (χ1) is 6.57. The van der Waals surface area contributed by atoms with Gasteiger partial charge in [0.25, 0.3) is 0 Å². The molecule has 0 atom stereocenters. The second-order valence-corrected chi connectivity index (χ2v) is 3.87. The van der Waals surface area contributed by atoms with Crippen LogP contribution >= 0.6 is 0 Å². The Morgan fingerprint density at radius 3 is 2.29 bits per heavy atom. The molecule has 1 aromatic carbocycles. The molecule has 0 radical (unpaired) electrons. The zero-order valence-electron chi connectivity index (χ0n) is 8.66. The molecule has 1 rings (SSSR count). The topological polar surface area (TPSA) is 55.5 Å². The Hall–Kier alpha value is -1.06. The van der Waals surface area contributed by atoms with E-state index in [2.05, 4.69) is 0 Å². The van der Waals surface area contributed by atoms with E-state index in [0.717, 1.165) is 11.3 Å². The molecule has 0 aromatic heterocycles. The maximum absolute atomic E-state index is 8.85. The standard InChI is InChI=1S/C11H17NO2/c1-11(2,8-12)14-10-5-3-9(7-13)4-6-10/h3-6,13H,7-8,12H2,1-2H3. The molecule has 78 valence electrons. The van der Waals surface area contributed by atoms with Gasteiger partial charge in [-0.25, -0.2) is 0 Å². The molecular weight excluding hydrogens is 178 g/mol. The molecule has 3 N–H and O–H groups in total. The monoisotopic (exact) mass is 195 g/mol. The van der Waals surface area contributed by atoms with Crippen molar-refractivity contribution >= 4 is 0 Å². The van der Waals surface area contributed by atoms with Crippen LogP contribution in [0, 0.1) is 0 Å². The predicted molar refractivity (Wildman–Crippen MR) is 56.1 cm³/mol. The van der Waals surface area contributed by atoms with E-state index in [0.29, 0.717) is 6.54 Å². The number of hydrogen-bond acceptors (Lipinski definition) is 3. The van der Waals surface area contributed by atoms with Crippen LogP contribution in [0.4, 0.5) is 0 Å². The number of benzene rings is 1. The maximum Gasteiger partial charge on any atom is 0.120 e. The molecule has 3 heteroatoms. The van der Waals surface area contributed by atoms with Gasteiger partial charge in [0.05, 0.1) is 6.61 Å². The van der Waals surface area contributed by atoms with Gasteiger partial charge in [0.15, 0.2) is 0 Å². The molecule has 1 aromatic rings. The van der Waals surface area contributed by atoms with Crippen LogP contribution < -0.4 is 10.5 Å². The van der Waals surface area contributed by atoms with Gasteiger partial charge >= 0.3 is 0 Å². The van der Waals surface area contributed by atoms with Crippen molar-refractivity contribution in [2.45, 2.75) is 26.1 Å². The first-order valence-corrected chi connectivity index (χ1v) is 4.66. The smallest absolute Gasteiger partial charge is 0.120 e. The highest BCUT2D eigenvalue weighted by atomic mass is 16.5. The van der Waals surface area contributed by atoms with Crippen LogP contribution in [0.5, 0.6) is 5.75 Å². The fraction of sp³-hybridized carbons (Fsp3) is 0.455. The summed E-state index contributed by atoms with van der Waals surface area (Å²) >= 11 is 0. The van der Waals surface area contributed by atoms with Gasteiger partial charge in [-0.05, 0) is 31.5 Å². The first-order valence-electron chi connectivity index (χ1n) is 4.66. The van der Waals surface area contributed by atoms with Crippen molar-refractivity contribution in [1.29, 1.82) is 0 Å². The second-order valence-electron chi connectivity index (χ2n) is 3.87. The van der Waals surface area contributed by atoms with Crippen molar-refractivity contribution in [1.82, 2.24) is 0 Å². The Labute approximate surface area is 84.5 Å². The van der Waals surface area contributed by atoms with E-state index >= 15 is 0 Å². The molecule has 0 aliphatic heterocycles. The largest absolute Gasteiger partial charge is 0.487 e. The zero-order valence-corrected chi connectivity index (χ0v) is 8.66. The van der Waals surface area contributed by atoms with Gasteiger partial charge in [-0.1, -0.05) is 12.1 Å². The van der Waals surface area contributed by atoms with Crippen molar-refractivity contribution in [2.75, 3.05) is 6.54 Å². The van der Waals surface area contributed by atoms with Crippen LogP contribution in [-0.4, -0.2) is 17.3 Å². The van der Waals surface area contributed by atoms with Crippen molar-refractivity contribution in [3.8, 4) is 5.75 Å². The summed E-state index contributed by atoms with van der Waals surface area (Å²) in [5.41, 5.74) is 6.08. The second kappa shape index (κ2) is 4.44. The lowest BCUT2D eigenvalue weighted by atomic mass is 10.1. The Bertz CT molecular complexity index is 280. The highest BCUT2D eigenvalue weighted by Gasteiger charge is 2.16. The minimum Gasteiger partial charge on any atom is -0.487 e. The van der Waals surface area contributed by atoms with E-state index in [4.69, 9.17) is 15.6 Å². The van der Waals surface area contributed by atoms with Gasteiger partial charge in [-0.15, -0.1) is 0 Å². The normalized spacial score (nSPS) is 11.4. The molecule has 0 aliphatic carbocycles. The number of nitrogens with two attached hydrogens (primary N) is 1. The lowest BCUT2D eigenvalue weighted by Crippen LogP contribution is -2.37. The third-order valence-electron chi connectivity index (χ3n) is 1.99. The summed E-state index contributed by atoms with van der Waals surface area (Å²) in [7, 11) is 0. The molecule has 0 unspecified atom stereocenters. The molecule has 0 spiro atoms. The van der Waals surface area contributed by atoms with Crippen molar-refractivity contribution in [3.05, 3.63) is 29.8 Å². The Balaban J connectivity index is 2.69. The molecular formula is C11H17NO2. The lowest BCUT2D eigenvalue weighted by Gasteiger charge is -2.24. The van der Waals surface area contributed by atoms with Crippen molar-refractivity contribution in [2.24, 2.45) is 5.73 Å². The average molecular weight is 195 g/mol. The van der Waals surface area contributed by atoms with Crippen LogP contribution in [0.3, 0.4) is 0 Å². The van der Waals surface area contributed by atoms with E-state index in [9.17, 15) is 0 Å². The van der Waals surface area contributed by atoms with Gasteiger partial charge in [0, 0.05) is 6.54 Å². The summed E-state index contributed by atoms with van der Waals surface area (Å²) in [4.78, 5) is 0. The van der Waals surface area contributed by atoms with E-state index in [1.165, 1.54) is 0 Å². The molecule has 0 saturated carbocycles. The summed E-state index contributed by atoms with van der Waals surface area (Å²) < 4.78 is 5.64. The van der Waals surface area contributed by atoms with Crippen LogP contribution in [0.25, 0.3) is 0 Å². The summed E-state index contributed by atoms with van der Waals surface area (Å²) in [6, 6.07) is 7.34. The zero-order chi connectivity index (χ0) is 10.6. The molecule has 0 fully saturated rings. The summed E-state index contributed by atoms with van der Waals surface area (Å²) in [6.07, 6.45) is 0. The molecule has 14 heavy (non-hydrogen) atoms. The van der Waals surface area contributed by atoms with E-state index in [1.54, 1.807) is 0 Å². The SMILES string of the molecule is CC(C)(CN)Oc1ccc(CO)cc1. The van der Waals surface area contributed by atoms with Crippen LogP contribution in [0.2, 0.25) is 0 Å². The quantitative estimate of drug-likeness (QED) is 0.761. The Kier molecular flexibility index (Phi) is 3.49. The van der Waals surface area contributed by atoms with Gasteiger partial charge in [0.2, 0.25) is 0 Å². The van der Waals surface area contributed by atoms with Crippen molar-refractivity contribution < 1.29 is 9.84 Å². The van der Waals surface area contributed by atoms with Gasteiger partial charge in [0.1, 0.15) is 11.4 Å². The van der Waals surface area contributed by atoms with Crippen molar-refractivity contribution in [3.63, 3.8) is 0 Å². The van der Waals surface area contributed by atoms with Crippen LogP contribution in [-0.2, 0) is 6.61 Å². The summed E-state index contributed by atoms with van der Waals surface area (Å²) in [5.74, 6) is 0.776. The number of rotatable bonds is 4. The molecule has 0 heterocycles. The third kappa shape index (κ3) is 3.01. The van der Waals surface area contributed by atoms with E-state index in [-0.39, 0.29) is 12.2 Å². The van der Waals surface area contributed by atoms with E-state index < -0.39 is 0 Å². The molecule has 3 nitrogen and oxygen atoms in total. The molecule has 0 amide bonds. The first kappa shape index (κ1) is 11.0. The van der Waals surface area contributed by atoms with Gasteiger partial charge in [-0.2, -0.15) is 0 Å². The molecule has 0 aliphatic rings. The summed E-state index contributed by atoms with van der Waals surface area (Å²) in [6.45, 7) is 4.40. The number of ether oxygens (including phenoxy) is 1. The maximum atomic E-state index is 8.85. The summed E-state index contributed by atoms with van der Waals surface area (Å²) in [5, 5.41) is 8.85. The van der Waals surface area contributed by atoms with Gasteiger partial charge < -0.3 is 15.6 Å². The molecule has 0 bridgehead atoms. The van der Waals surface area contributed by atoms with E-state index in [1.807, 2.05) is 38.1 Å². The number of hydrogen-bond donors (Lipinski definition) is 2. The van der Waals surface area contributed by atoms with Crippen LogP contribution in [0.1, 0.15) is 19.4 Å². The average Bonchev–Trinajstić information content (AvgIpc) is 2.19. The van der Waals surface area contributed by atoms with Gasteiger partial charge in [-0.3, -0.25) is 0 Å². The number of aliphatic hydroxyl groups excluding tert-OH is 1. The Morgan fingerprint density at radius 1 is 1.29 bits per heavy atom. The highest BCUT2D eigenvalue weighted by molar-refractivity contribution is 5.27. The Morgan fingerprint density at radius 2 is 1.86 bits per heavy atom. The fourth-order valence-corrected chi connectivity index (χ4v) is 1.02. The molecule has 0 saturated heterocycles. The number of aliphatic hydroxyl groups is 1. The minimum atomic E-state index is -0.346. The highest BCUT2D eigenvalue weighted by Crippen LogP contribution is 2.18. The predicted octanol–water partition coefficient (Wildman–Crippen LogP) is 1.29.